The van der Waals surface area contributed by atoms with Gasteiger partial charge in [0.15, 0.2) is 0 Å². The van der Waals surface area contributed by atoms with Gasteiger partial charge in [-0.25, -0.2) is 4.98 Å². The van der Waals surface area contributed by atoms with Crippen LogP contribution in [0.3, 0.4) is 0 Å². The second kappa shape index (κ2) is 10.4. The lowest BCUT2D eigenvalue weighted by Gasteiger charge is -2.11. The van der Waals surface area contributed by atoms with Crippen molar-refractivity contribution in [3.05, 3.63) is 58.1 Å². The number of nitrogens with zero attached hydrogens (tertiary/aromatic N) is 2. The van der Waals surface area contributed by atoms with Gasteiger partial charge in [0.05, 0.1) is 18.7 Å². The predicted octanol–water partition coefficient (Wildman–Crippen LogP) is 5.23. The molecular formula is C20H22ClN3O3. The molecule has 0 aliphatic carbocycles. The minimum Gasteiger partial charge on any atom is -0.481 e. The standard InChI is InChI=1S/C20H22ClN3O3/c1-3-4-5-14(10-11-23-26)20(25)24-16-7-8-17(18(21)12-16)15-6-9-19(27-2)22-13-15/h6-10,12-13H,3-5,11H2,1-2H3,(H,24,25)/b14-10-. The van der Waals surface area contributed by atoms with Crippen LogP contribution in [0.2, 0.25) is 5.02 Å². The minimum absolute atomic E-state index is 0.0172. The number of benzene rings is 1. The van der Waals surface area contributed by atoms with E-state index in [2.05, 4.69) is 15.5 Å². The van der Waals surface area contributed by atoms with E-state index in [1.54, 1.807) is 37.6 Å². The van der Waals surface area contributed by atoms with Crippen molar-refractivity contribution < 1.29 is 9.53 Å². The quantitative estimate of drug-likeness (QED) is 0.471. The van der Waals surface area contributed by atoms with Gasteiger partial charge in [-0.15, -0.1) is 0 Å². The first-order chi connectivity index (χ1) is 13.1. The van der Waals surface area contributed by atoms with Crippen molar-refractivity contribution in [1.29, 1.82) is 0 Å². The highest BCUT2D eigenvalue weighted by atomic mass is 35.5. The van der Waals surface area contributed by atoms with E-state index < -0.39 is 0 Å². The number of carbonyl (C=O) groups excluding carboxylic acids is 1. The number of amides is 1. The van der Waals surface area contributed by atoms with Crippen LogP contribution in [0.5, 0.6) is 5.88 Å². The van der Waals surface area contributed by atoms with Crippen LogP contribution in [0.15, 0.2) is 53.4 Å². The molecule has 1 amide bonds. The number of anilines is 1. The average molecular weight is 388 g/mol. The number of aromatic nitrogens is 1. The molecule has 27 heavy (non-hydrogen) atoms. The van der Waals surface area contributed by atoms with Gasteiger partial charge >= 0.3 is 0 Å². The number of carbonyl (C=O) groups is 1. The highest BCUT2D eigenvalue weighted by Crippen LogP contribution is 2.30. The molecule has 0 atom stereocenters. The number of methoxy groups -OCH3 is 1. The van der Waals surface area contributed by atoms with Crippen LogP contribution in [0.4, 0.5) is 5.69 Å². The van der Waals surface area contributed by atoms with Crippen molar-refractivity contribution in [1.82, 2.24) is 4.98 Å². The normalized spacial score (nSPS) is 11.1. The summed E-state index contributed by atoms with van der Waals surface area (Å²) in [6.45, 7) is 2.02. The van der Waals surface area contributed by atoms with Gasteiger partial charge in [0, 0.05) is 34.7 Å². The Balaban J connectivity index is 2.15. The van der Waals surface area contributed by atoms with Crippen LogP contribution < -0.4 is 10.1 Å². The molecule has 1 aromatic carbocycles. The highest BCUT2D eigenvalue weighted by Gasteiger charge is 2.11. The fraction of sp³-hybridized carbons (Fsp3) is 0.300. The SMILES string of the molecule is CCCC/C(=C/CN=O)C(=O)Nc1ccc(-c2ccc(OC)nc2)c(Cl)c1. The molecule has 6 nitrogen and oxygen atoms in total. The minimum atomic E-state index is -0.248. The van der Waals surface area contributed by atoms with Gasteiger partial charge < -0.3 is 10.1 Å². The molecule has 1 N–H and O–H groups in total. The third-order valence-electron chi connectivity index (χ3n) is 3.99. The molecule has 0 saturated carbocycles. The lowest BCUT2D eigenvalue weighted by molar-refractivity contribution is -0.113. The molecular weight excluding hydrogens is 366 g/mol. The Bertz CT molecular complexity index is 820. The van der Waals surface area contributed by atoms with Crippen LogP contribution >= 0.6 is 11.6 Å². The fourth-order valence-corrected chi connectivity index (χ4v) is 2.81. The van der Waals surface area contributed by atoms with Gasteiger partial charge in [-0.3, -0.25) is 4.79 Å². The highest BCUT2D eigenvalue weighted by molar-refractivity contribution is 6.33. The predicted molar refractivity (Wildman–Crippen MR) is 108 cm³/mol. The molecule has 0 radical (unpaired) electrons. The van der Waals surface area contributed by atoms with E-state index in [4.69, 9.17) is 16.3 Å². The number of nitrogens with one attached hydrogen (secondary N) is 1. The van der Waals surface area contributed by atoms with Crippen molar-refractivity contribution in [2.75, 3.05) is 19.0 Å². The van der Waals surface area contributed by atoms with Gasteiger partial charge in [-0.05, 0) is 31.0 Å². The Morgan fingerprint density at radius 2 is 2.15 bits per heavy atom. The largest absolute Gasteiger partial charge is 0.481 e. The summed E-state index contributed by atoms with van der Waals surface area (Å²) >= 11 is 6.39. The zero-order chi connectivity index (χ0) is 19.6. The molecule has 0 unspecified atom stereocenters. The van der Waals surface area contributed by atoms with Crippen LogP contribution in [-0.4, -0.2) is 24.5 Å². The Labute approximate surface area is 163 Å². The molecule has 142 valence electrons. The monoisotopic (exact) mass is 387 g/mol. The molecule has 7 heteroatoms. The van der Waals surface area contributed by atoms with Crippen molar-refractivity contribution in [2.45, 2.75) is 26.2 Å². The van der Waals surface area contributed by atoms with Crippen molar-refractivity contribution in [2.24, 2.45) is 5.18 Å². The van der Waals surface area contributed by atoms with Crippen LogP contribution in [0.1, 0.15) is 26.2 Å². The summed E-state index contributed by atoms with van der Waals surface area (Å²) in [5, 5.41) is 6.12. The Hall–Kier alpha value is -2.73. The number of hydrogen-bond acceptors (Lipinski definition) is 5. The summed E-state index contributed by atoms with van der Waals surface area (Å²) in [6, 6.07) is 8.91. The third kappa shape index (κ3) is 5.89. The molecule has 0 aliphatic heterocycles. The molecule has 0 bridgehead atoms. The first-order valence-corrected chi connectivity index (χ1v) is 9.06. The summed E-state index contributed by atoms with van der Waals surface area (Å²) in [7, 11) is 1.56. The maximum Gasteiger partial charge on any atom is 0.251 e. The Morgan fingerprint density at radius 1 is 1.33 bits per heavy atom. The number of rotatable bonds is 9. The summed E-state index contributed by atoms with van der Waals surface area (Å²) in [6.07, 6.45) is 5.66. The maximum absolute atomic E-state index is 12.5. The Morgan fingerprint density at radius 3 is 2.74 bits per heavy atom. The second-order valence-corrected chi connectivity index (χ2v) is 6.29. The maximum atomic E-state index is 12.5. The van der Waals surface area contributed by atoms with E-state index in [-0.39, 0.29) is 12.5 Å². The van der Waals surface area contributed by atoms with Crippen molar-refractivity contribution >= 4 is 23.2 Å². The number of nitroso groups, excluding NO2 is 1. The van der Waals surface area contributed by atoms with Gasteiger partial charge in [0.1, 0.15) is 0 Å². The molecule has 0 spiro atoms. The number of pyridine rings is 1. The van der Waals surface area contributed by atoms with Crippen molar-refractivity contribution in [3.8, 4) is 17.0 Å². The lowest BCUT2D eigenvalue weighted by Crippen LogP contribution is -2.15. The van der Waals surface area contributed by atoms with Gasteiger partial charge in [0.25, 0.3) is 5.91 Å². The van der Waals surface area contributed by atoms with E-state index in [1.807, 2.05) is 19.1 Å². The molecule has 1 heterocycles. The second-order valence-electron chi connectivity index (χ2n) is 5.88. The van der Waals surface area contributed by atoms with E-state index in [9.17, 15) is 9.70 Å². The first-order valence-electron chi connectivity index (χ1n) is 8.68. The fourth-order valence-electron chi connectivity index (χ4n) is 2.52. The van der Waals surface area contributed by atoms with Gasteiger partial charge in [-0.1, -0.05) is 42.3 Å². The van der Waals surface area contributed by atoms with Crippen LogP contribution in [0, 0.1) is 4.91 Å². The number of hydrogen-bond donors (Lipinski definition) is 1. The van der Waals surface area contributed by atoms with Crippen molar-refractivity contribution in [3.63, 3.8) is 0 Å². The summed E-state index contributed by atoms with van der Waals surface area (Å²) in [5.41, 5.74) is 2.78. The Kier molecular flexibility index (Phi) is 7.95. The third-order valence-corrected chi connectivity index (χ3v) is 4.30. The smallest absolute Gasteiger partial charge is 0.251 e. The summed E-state index contributed by atoms with van der Waals surface area (Å²) in [5.74, 6) is 0.275. The van der Waals surface area contributed by atoms with E-state index in [0.29, 0.717) is 28.6 Å². The summed E-state index contributed by atoms with van der Waals surface area (Å²) < 4.78 is 5.05. The van der Waals surface area contributed by atoms with Gasteiger partial charge in [0.2, 0.25) is 5.88 Å². The summed E-state index contributed by atoms with van der Waals surface area (Å²) in [4.78, 5) is 27.0. The molecule has 0 aliphatic rings. The lowest BCUT2D eigenvalue weighted by atomic mass is 10.1. The first kappa shape index (κ1) is 20.6. The molecule has 2 aromatic rings. The van der Waals surface area contributed by atoms with E-state index in [1.165, 1.54) is 0 Å². The van der Waals surface area contributed by atoms with E-state index >= 15 is 0 Å². The zero-order valence-electron chi connectivity index (χ0n) is 15.4. The topological polar surface area (TPSA) is 80.7 Å². The average Bonchev–Trinajstić information content (AvgIpc) is 2.68. The molecule has 1 aromatic heterocycles. The number of unbranched alkanes of at least 4 members (excludes halogenated alkanes) is 1. The van der Waals surface area contributed by atoms with Crippen LogP contribution in [-0.2, 0) is 4.79 Å². The van der Waals surface area contributed by atoms with Crippen LogP contribution in [0.25, 0.3) is 11.1 Å². The zero-order valence-corrected chi connectivity index (χ0v) is 16.1. The molecule has 0 saturated heterocycles. The van der Waals surface area contributed by atoms with E-state index in [0.717, 1.165) is 24.0 Å². The number of halogens is 1. The van der Waals surface area contributed by atoms with Gasteiger partial charge in [-0.2, -0.15) is 4.91 Å². The number of ether oxygens (including phenoxy) is 1. The molecule has 2 rings (SSSR count). The molecule has 0 fully saturated rings.